The molecule has 20 heavy (non-hydrogen) atoms. The van der Waals surface area contributed by atoms with Gasteiger partial charge in [0.25, 0.3) is 0 Å². The quantitative estimate of drug-likeness (QED) is 0.636. The van der Waals surface area contributed by atoms with E-state index in [1.165, 1.54) is 0 Å². The fraction of sp³-hybridized carbons (Fsp3) is 0.143. The van der Waals surface area contributed by atoms with E-state index in [4.69, 9.17) is 45.4 Å². The maximum atomic E-state index is 6.17. The van der Waals surface area contributed by atoms with E-state index in [1.807, 2.05) is 12.1 Å². The van der Waals surface area contributed by atoms with Crippen molar-refractivity contribution in [3.63, 3.8) is 0 Å². The minimum atomic E-state index is -0.267. The Hall–Kier alpha value is -0.970. The van der Waals surface area contributed by atoms with Crippen molar-refractivity contribution < 1.29 is 4.74 Å². The molecule has 0 aliphatic carbocycles. The molecule has 106 valence electrons. The number of nitrogens with one attached hydrogen (secondary N) is 1. The molecule has 2 aromatic carbocycles. The van der Waals surface area contributed by atoms with Crippen molar-refractivity contribution in [1.82, 2.24) is 5.43 Å². The molecule has 1 atom stereocenters. The molecule has 2 aromatic rings. The first-order chi connectivity index (χ1) is 9.61. The largest absolute Gasteiger partial charge is 0.492 e. The zero-order valence-electron chi connectivity index (χ0n) is 10.4. The van der Waals surface area contributed by atoms with E-state index in [-0.39, 0.29) is 6.04 Å². The van der Waals surface area contributed by atoms with Crippen molar-refractivity contribution in [2.24, 2.45) is 5.84 Å². The van der Waals surface area contributed by atoms with Crippen LogP contribution in [0.5, 0.6) is 5.75 Å². The summed E-state index contributed by atoms with van der Waals surface area (Å²) in [5.74, 6) is 6.26. The number of ether oxygens (including phenoxy) is 1. The normalized spacial score (nSPS) is 12.2. The Bertz CT molecular complexity index is 575. The molecule has 3 nitrogen and oxygen atoms in total. The predicted molar refractivity (Wildman–Crippen MR) is 83.5 cm³/mol. The monoisotopic (exact) mass is 330 g/mol. The minimum absolute atomic E-state index is 0.267. The Balaban J connectivity index is 2.09. The van der Waals surface area contributed by atoms with E-state index in [0.29, 0.717) is 27.4 Å². The van der Waals surface area contributed by atoms with E-state index in [2.05, 4.69) is 5.43 Å². The summed E-state index contributed by atoms with van der Waals surface area (Å²) in [4.78, 5) is 0. The Morgan fingerprint density at radius 1 is 1.05 bits per heavy atom. The average Bonchev–Trinajstić information content (AvgIpc) is 2.45. The molecule has 3 N–H and O–H groups in total. The van der Waals surface area contributed by atoms with Crippen molar-refractivity contribution >= 4 is 34.8 Å². The van der Waals surface area contributed by atoms with Gasteiger partial charge in [-0.2, -0.15) is 0 Å². The van der Waals surface area contributed by atoms with Gasteiger partial charge in [-0.15, -0.1) is 0 Å². The van der Waals surface area contributed by atoms with Crippen molar-refractivity contribution in [1.29, 1.82) is 0 Å². The lowest BCUT2D eigenvalue weighted by Crippen LogP contribution is -2.32. The van der Waals surface area contributed by atoms with Crippen LogP contribution in [-0.4, -0.2) is 6.61 Å². The minimum Gasteiger partial charge on any atom is -0.492 e. The Morgan fingerprint density at radius 3 is 2.40 bits per heavy atom. The van der Waals surface area contributed by atoms with Crippen LogP contribution in [0.15, 0.2) is 42.5 Å². The van der Waals surface area contributed by atoms with Crippen molar-refractivity contribution in [2.75, 3.05) is 6.61 Å². The molecule has 1 unspecified atom stereocenters. The number of hydrazine groups is 1. The molecule has 0 bridgehead atoms. The second-order valence-corrected chi connectivity index (χ2v) is 5.35. The van der Waals surface area contributed by atoms with Crippen LogP contribution in [0.2, 0.25) is 15.1 Å². The zero-order valence-corrected chi connectivity index (χ0v) is 12.7. The Kier molecular flexibility index (Phi) is 5.52. The lowest BCUT2D eigenvalue weighted by molar-refractivity contribution is 0.267. The van der Waals surface area contributed by atoms with Gasteiger partial charge >= 0.3 is 0 Å². The lowest BCUT2D eigenvalue weighted by Gasteiger charge is -2.19. The van der Waals surface area contributed by atoms with Crippen LogP contribution in [0.1, 0.15) is 11.6 Å². The van der Waals surface area contributed by atoms with Crippen molar-refractivity contribution in [3.8, 4) is 5.75 Å². The molecule has 0 spiro atoms. The summed E-state index contributed by atoms with van der Waals surface area (Å²) in [7, 11) is 0. The molecule has 0 aliphatic rings. The summed E-state index contributed by atoms with van der Waals surface area (Å²) in [6.07, 6.45) is 0. The summed E-state index contributed by atoms with van der Waals surface area (Å²) in [5.41, 5.74) is 3.46. The molecule has 0 saturated heterocycles. The molecule has 6 heteroatoms. The van der Waals surface area contributed by atoms with Gasteiger partial charge in [0.2, 0.25) is 0 Å². The van der Waals surface area contributed by atoms with E-state index in [9.17, 15) is 0 Å². The highest BCUT2D eigenvalue weighted by atomic mass is 35.5. The smallest absolute Gasteiger partial charge is 0.119 e. The zero-order chi connectivity index (χ0) is 14.5. The fourth-order valence-electron chi connectivity index (χ4n) is 1.73. The molecule has 0 aliphatic heterocycles. The van der Waals surface area contributed by atoms with Crippen molar-refractivity contribution in [3.05, 3.63) is 63.1 Å². The number of nitrogens with two attached hydrogens (primary N) is 1. The topological polar surface area (TPSA) is 47.3 Å². The van der Waals surface area contributed by atoms with Crippen LogP contribution in [-0.2, 0) is 0 Å². The van der Waals surface area contributed by atoms with Crippen LogP contribution in [0.25, 0.3) is 0 Å². The standard InChI is InChI=1S/C14H13Cl3N2O/c15-9-4-6-10(7-5-9)20-8-13(19-18)11-2-1-3-12(16)14(11)17/h1-7,13,19H,8,18H2. The molecule has 0 radical (unpaired) electrons. The third-order valence-corrected chi connectivity index (χ3v) is 3.87. The molecule has 2 rings (SSSR count). The second kappa shape index (κ2) is 7.16. The molecule has 0 heterocycles. The van der Waals surface area contributed by atoms with Gasteiger partial charge in [-0.3, -0.25) is 5.84 Å². The molecule has 0 saturated carbocycles. The summed E-state index contributed by atoms with van der Waals surface area (Å²) in [6.45, 7) is 0.318. The van der Waals surface area contributed by atoms with Gasteiger partial charge in [-0.1, -0.05) is 46.9 Å². The summed E-state index contributed by atoms with van der Waals surface area (Å²) in [5, 5.41) is 1.61. The van der Waals surface area contributed by atoms with Gasteiger partial charge in [0.05, 0.1) is 16.1 Å². The molecule has 0 amide bonds. The number of benzene rings is 2. The molecular formula is C14H13Cl3N2O. The van der Waals surface area contributed by atoms with E-state index >= 15 is 0 Å². The van der Waals surface area contributed by atoms with Crippen LogP contribution >= 0.6 is 34.8 Å². The van der Waals surface area contributed by atoms with Gasteiger partial charge in [-0.05, 0) is 35.9 Å². The van der Waals surface area contributed by atoms with Gasteiger partial charge in [0.15, 0.2) is 0 Å². The summed E-state index contributed by atoms with van der Waals surface area (Å²) >= 11 is 18.0. The van der Waals surface area contributed by atoms with Crippen LogP contribution in [0, 0.1) is 0 Å². The Morgan fingerprint density at radius 2 is 1.75 bits per heavy atom. The number of rotatable bonds is 5. The number of hydrogen-bond donors (Lipinski definition) is 2. The van der Waals surface area contributed by atoms with E-state index < -0.39 is 0 Å². The first kappa shape index (κ1) is 15.4. The van der Waals surface area contributed by atoms with Crippen LogP contribution in [0.4, 0.5) is 0 Å². The Labute approximate surface area is 132 Å². The number of hydrogen-bond acceptors (Lipinski definition) is 3. The third kappa shape index (κ3) is 3.78. The first-order valence-electron chi connectivity index (χ1n) is 5.90. The lowest BCUT2D eigenvalue weighted by atomic mass is 10.1. The van der Waals surface area contributed by atoms with Gasteiger partial charge in [-0.25, -0.2) is 5.43 Å². The maximum Gasteiger partial charge on any atom is 0.119 e. The highest BCUT2D eigenvalue weighted by Gasteiger charge is 2.15. The highest BCUT2D eigenvalue weighted by Crippen LogP contribution is 2.30. The van der Waals surface area contributed by atoms with Crippen molar-refractivity contribution in [2.45, 2.75) is 6.04 Å². The van der Waals surface area contributed by atoms with Crippen LogP contribution < -0.4 is 16.0 Å². The summed E-state index contributed by atoms with van der Waals surface area (Å²) < 4.78 is 5.66. The fourth-order valence-corrected chi connectivity index (χ4v) is 2.29. The highest BCUT2D eigenvalue weighted by molar-refractivity contribution is 6.42. The molecule has 0 aromatic heterocycles. The van der Waals surface area contributed by atoms with Gasteiger partial charge < -0.3 is 4.74 Å². The summed E-state index contributed by atoms with van der Waals surface area (Å²) in [6, 6.07) is 12.2. The van der Waals surface area contributed by atoms with E-state index in [0.717, 1.165) is 5.56 Å². The van der Waals surface area contributed by atoms with Crippen LogP contribution in [0.3, 0.4) is 0 Å². The average molecular weight is 332 g/mol. The molecular weight excluding hydrogens is 319 g/mol. The third-order valence-electron chi connectivity index (χ3n) is 2.79. The van der Waals surface area contributed by atoms with E-state index in [1.54, 1.807) is 30.3 Å². The van der Waals surface area contributed by atoms with Gasteiger partial charge in [0, 0.05) is 5.02 Å². The SMILES string of the molecule is NNC(COc1ccc(Cl)cc1)c1cccc(Cl)c1Cl. The number of halogens is 3. The maximum absolute atomic E-state index is 6.17. The first-order valence-corrected chi connectivity index (χ1v) is 7.03. The second-order valence-electron chi connectivity index (χ2n) is 4.13. The predicted octanol–water partition coefficient (Wildman–Crippen LogP) is 4.23. The molecule has 0 fully saturated rings. The van der Waals surface area contributed by atoms with Gasteiger partial charge in [0.1, 0.15) is 12.4 Å².